The number of carbonyl (C=O) groups excluding carboxylic acids is 1. The van der Waals surface area contributed by atoms with Crippen LogP contribution in [0.25, 0.3) is 0 Å². The summed E-state index contributed by atoms with van der Waals surface area (Å²) in [5, 5.41) is 9.48. The Hall–Kier alpha value is -1.64. The van der Waals surface area contributed by atoms with E-state index in [1.54, 1.807) is 26.0 Å². The van der Waals surface area contributed by atoms with Crippen molar-refractivity contribution in [1.29, 1.82) is 0 Å². The summed E-state index contributed by atoms with van der Waals surface area (Å²) in [4.78, 5) is 22.2. The quantitative estimate of drug-likeness (QED) is 0.841. The van der Waals surface area contributed by atoms with Crippen LogP contribution in [0.5, 0.6) is 0 Å². The zero-order valence-corrected chi connectivity index (χ0v) is 12.2. The van der Waals surface area contributed by atoms with E-state index in [9.17, 15) is 14.7 Å². The van der Waals surface area contributed by atoms with E-state index >= 15 is 0 Å². The molecule has 3 heteroatoms. The van der Waals surface area contributed by atoms with Crippen molar-refractivity contribution in [3.05, 3.63) is 35.4 Å². The van der Waals surface area contributed by atoms with Gasteiger partial charge in [0.1, 0.15) is 6.29 Å². The van der Waals surface area contributed by atoms with Gasteiger partial charge in [0.25, 0.3) is 0 Å². The van der Waals surface area contributed by atoms with E-state index in [0.717, 1.165) is 11.8 Å². The van der Waals surface area contributed by atoms with Crippen molar-refractivity contribution in [3.8, 4) is 0 Å². The van der Waals surface area contributed by atoms with Gasteiger partial charge in [0, 0.05) is 11.5 Å². The topological polar surface area (TPSA) is 54.4 Å². The van der Waals surface area contributed by atoms with Crippen molar-refractivity contribution in [2.75, 3.05) is 0 Å². The fourth-order valence-corrected chi connectivity index (χ4v) is 2.89. The summed E-state index contributed by atoms with van der Waals surface area (Å²) in [5.74, 6) is -0.954. The lowest BCUT2D eigenvalue weighted by Gasteiger charge is -2.40. The molecule has 0 saturated carbocycles. The van der Waals surface area contributed by atoms with Crippen LogP contribution in [-0.2, 0) is 4.79 Å². The predicted molar refractivity (Wildman–Crippen MR) is 75.4 cm³/mol. The molecule has 1 aromatic rings. The maximum absolute atomic E-state index is 11.5. The Morgan fingerprint density at radius 1 is 1.11 bits per heavy atom. The van der Waals surface area contributed by atoms with Gasteiger partial charge >= 0.3 is 5.97 Å². The number of hydrogen-bond donors (Lipinski definition) is 1. The van der Waals surface area contributed by atoms with Crippen molar-refractivity contribution in [2.45, 2.75) is 40.5 Å². The Bertz CT molecular complexity index is 464. The van der Waals surface area contributed by atoms with E-state index in [1.807, 2.05) is 32.9 Å². The lowest BCUT2D eigenvalue weighted by molar-refractivity contribution is -0.150. The summed E-state index contributed by atoms with van der Waals surface area (Å²) in [6, 6.07) is 7.17. The summed E-state index contributed by atoms with van der Waals surface area (Å²) in [6.45, 7) is 9.61. The van der Waals surface area contributed by atoms with Crippen LogP contribution >= 0.6 is 0 Å². The number of hydrogen-bond acceptors (Lipinski definition) is 2. The molecule has 1 rings (SSSR count). The third-order valence-electron chi connectivity index (χ3n) is 3.54. The van der Waals surface area contributed by atoms with Crippen LogP contribution in [0.4, 0.5) is 0 Å². The summed E-state index contributed by atoms with van der Waals surface area (Å²) in [7, 11) is 0. The molecule has 1 unspecified atom stereocenters. The van der Waals surface area contributed by atoms with Gasteiger partial charge in [-0.2, -0.15) is 0 Å². The van der Waals surface area contributed by atoms with Gasteiger partial charge in [-0.05, 0) is 24.8 Å². The van der Waals surface area contributed by atoms with Crippen LogP contribution < -0.4 is 0 Å². The smallest absolute Gasteiger partial charge is 0.309 e. The lowest BCUT2D eigenvalue weighted by atomic mass is 9.63. The fourth-order valence-electron chi connectivity index (χ4n) is 2.89. The van der Waals surface area contributed by atoms with Gasteiger partial charge in [0.05, 0.1) is 5.41 Å². The predicted octanol–water partition coefficient (Wildman–Crippen LogP) is 3.74. The van der Waals surface area contributed by atoms with E-state index in [-0.39, 0.29) is 11.3 Å². The third kappa shape index (κ3) is 3.22. The molecule has 0 amide bonds. The zero-order chi connectivity index (χ0) is 14.8. The van der Waals surface area contributed by atoms with Gasteiger partial charge in [0.2, 0.25) is 0 Å². The Balaban J connectivity index is 3.32. The van der Waals surface area contributed by atoms with Crippen LogP contribution in [0, 0.1) is 10.8 Å². The number of aldehydes is 1. The molecular formula is C16H22O3. The first-order chi connectivity index (χ1) is 8.60. The first kappa shape index (κ1) is 15.4. The minimum atomic E-state index is -0.874. The average molecular weight is 262 g/mol. The van der Waals surface area contributed by atoms with Gasteiger partial charge in [0.15, 0.2) is 0 Å². The van der Waals surface area contributed by atoms with Crippen LogP contribution in [0.15, 0.2) is 24.3 Å². The highest BCUT2D eigenvalue weighted by molar-refractivity contribution is 5.76. The summed E-state index contributed by atoms with van der Waals surface area (Å²) < 4.78 is 0. The molecule has 0 aromatic heterocycles. The summed E-state index contributed by atoms with van der Waals surface area (Å²) in [5.41, 5.74) is 0.487. The standard InChI is InChI=1S/C16H22O3/c1-15(2,3)13(16(4,5)14(18)19)12-8-6-11(10-17)7-9-12/h6-10,13H,1-5H3,(H,18,19). The molecule has 3 nitrogen and oxygen atoms in total. The largest absolute Gasteiger partial charge is 0.481 e. The summed E-state index contributed by atoms with van der Waals surface area (Å²) in [6.07, 6.45) is 0.790. The Morgan fingerprint density at radius 3 is 1.89 bits per heavy atom. The molecule has 0 aliphatic carbocycles. The molecule has 0 radical (unpaired) electrons. The molecule has 0 spiro atoms. The van der Waals surface area contributed by atoms with Crippen molar-refractivity contribution in [2.24, 2.45) is 10.8 Å². The molecule has 1 aromatic carbocycles. The molecule has 1 atom stereocenters. The second kappa shape index (κ2) is 5.16. The highest BCUT2D eigenvalue weighted by Crippen LogP contribution is 2.47. The maximum atomic E-state index is 11.5. The van der Waals surface area contributed by atoms with E-state index in [2.05, 4.69) is 0 Å². The second-order valence-corrected chi connectivity index (χ2v) is 6.61. The second-order valence-electron chi connectivity index (χ2n) is 6.61. The normalized spacial score (nSPS) is 13.9. The van der Waals surface area contributed by atoms with Crippen LogP contribution in [0.1, 0.15) is 56.5 Å². The third-order valence-corrected chi connectivity index (χ3v) is 3.54. The SMILES string of the molecule is CC(C)(C)C(c1ccc(C=O)cc1)C(C)(C)C(=O)O. The first-order valence-electron chi connectivity index (χ1n) is 6.39. The monoisotopic (exact) mass is 262 g/mol. The minimum Gasteiger partial charge on any atom is -0.481 e. The number of carboxylic acids is 1. The van der Waals surface area contributed by atoms with Crippen molar-refractivity contribution >= 4 is 12.3 Å². The number of benzene rings is 1. The van der Waals surface area contributed by atoms with E-state index in [4.69, 9.17) is 0 Å². The molecule has 104 valence electrons. The van der Waals surface area contributed by atoms with Crippen molar-refractivity contribution in [3.63, 3.8) is 0 Å². The molecule has 0 aliphatic heterocycles. The number of aliphatic carboxylic acids is 1. The fraction of sp³-hybridized carbons (Fsp3) is 0.500. The van der Waals surface area contributed by atoms with Gasteiger partial charge in [-0.3, -0.25) is 9.59 Å². The molecule has 1 N–H and O–H groups in total. The van der Waals surface area contributed by atoms with Crippen molar-refractivity contribution < 1.29 is 14.7 Å². The molecule has 19 heavy (non-hydrogen) atoms. The van der Waals surface area contributed by atoms with E-state index < -0.39 is 11.4 Å². The van der Waals surface area contributed by atoms with Crippen molar-refractivity contribution in [1.82, 2.24) is 0 Å². The van der Waals surface area contributed by atoms with Crippen LogP contribution in [-0.4, -0.2) is 17.4 Å². The lowest BCUT2D eigenvalue weighted by Crippen LogP contribution is -2.38. The Morgan fingerprint density at radius 2 is 1.58 bits per heavy atom. The van der Waals surface area contributed by atoms with Gasteiger partial charge in [-0.15, -0.1) is 0 Å². The Labute approximate surface area is 114 Å². The highest BCUT2D eigenvalue weighted by atomic mass is 16.4. The Kier molecular flexibility index (Phi) is 4.18. The molecule has 0 saturated heterocycles. The summed E-state index contributed by atoms with van der Waals surface area (Å²) >= 11 is 0. The number of carbonyl (C=O) groups is 2. The number of rotatable bonds is 4. The van der Waals surface area contributed by atoms with Gasteiger partial charge in [-0.25, -0.2) is 0 Å². The highest BCUT2D eigenvalue weighted by Gasteiger charge is 2.44. The molecule has 0 aliphatic rings. The molecule has 0 heterocycles. The van der Waals surface area contributed by atoms with Crippen LogP contribution in [0.2, 0.25) is 0 Å². The molecular weight excluding hydrogens is 240 g/mol. The minimum absolute atomic E-state index is 0.141. The van der Waals surface area contributed by atoms with Gasteiger partial charge < -0.3 is 5.11 Å². The van der Waals surface area contributed by atoms with Crippen LogP contribution in [0.3, 0.4) is 0 Å². The van der Waals surface area contributed by atoms with E-state index in [0.29, 0.717) is 5.56 Å². The molecule has 0 bridgehead atoms. The van der Waals surface area contributed by atoms with Gasteiger partial charge in [-0.1, -0.05) is 45.0 Å². The number of carboxylic acid groups (broad SMARTS) is 1. The first-order valence-corrected chi connectivity index (χ1v) is 6.39. The average Bonchev–Trinajstić information content (AvgIpc) is 2.27. The molecule has 0 fully saturated rings. The van der Waals surface area contributed by atoms with E-state index in [1.165, 1.54) is 0 Å². The maximum Gasteiger partial charge on any atom is 0.309 e. The zero-order valence-electron chi connectivity index (χ0n) is 12.2.